The molecular weight excluding hydrogens is 332 g/mol. The Balaban J connectivity index is 2.22. The number of rotatable bonds is 5. The van der Waals surface area contributed by atoms with Crippen molar-refractivity contribution in [3.05, 3.63) is 18.1 Å². The van der Waals surface area contributed by atoms with Crippen LogP contribution in [0.4, 0.5) is 5.82 Å². The van der Waals surface area contributed by atoms with Gasteiger partial charge < -0.3 is 30.1 Å². The molecule has 1 saturated heterocycles. The number of hydrazone groups is 1. The molecule has 2 aromatic rings. The molecule has 11 heteroatoms. The van der Waals surface area contributed by atoms with Crippen molar-refractivity contribution in [2.75, 3.05) is 19.2 Å². The molecule has 25 heavy (non-hydrogen) atoms. The molecular formula is C14H20N6O5. The predicted octanol–water partition coefficient (Wildman–Crippen LogP) is -0.819. The smallest absolute Gasteiger partial charge is 0.167 e. The van der Waals surface area contributed by atoms with Crippen molar-refractivity contribution in [3.63, 3.8) is 0 Å². The molecule has 1 aliphatic heterocycles. The Morgan fingerprint density at radius 1 is 1.56 bits per heavy atom. The van der Waals surface area contributed by atoms with Gasteiger partial charge in [-0.1, -0.05) is 0 Å². The lowest BCUT2D eigenvalue weighted by Crippen LogP contribution is -2.46. The highest BCUT2D eigenvalue weighted by Crippen LogP contribution is 2.42. The number of nitrogens with one attached hydrogen (secondary N) is 1. The van der Waals surface area contributed by atoms with E-state index in [4.69, 9.17) is 15.3 Å². The van der Waals surface area contributed by atoms with Crippen LogP contribution in [0.5, 0.6) is 0 Å². The first-order valence-electron chi connectivity index (χ1n) is 7.50. The molecule has 11 nitrogen and oxygen atoms in total. The molecule has 2 aromatic heterocycles. The zero-order valence-corrected chi connectivity index (χ0v) is 13.7. The van der Waals surface area contributed by atoms with Gasteiger partial charge in [-0.05, 0) is 6.92 Å². The van der Waals surface area contributed by atoms with E-state index in [0.29, 0.717) is 16.6 Å². The average Bonchev–Trinajstić information content (AvgIpc) is 3.12. The van der Waals surface area contributed by atoms with E-state index in [1.165, 1.54) is 19.7 Å². The lowest BCUT2D eigenvalue weighted by atomic mass is 9.96. The van der Waals surface area contributed by atoms with Crippen molar-refractivity contribution in [1.82, 2.24) is 14.5 Å². The summed E-state index contributed by atoms with van der Waals surface area (Å²) in [7, 11) is 1.45. The number of methoxy groups -OCH3 is 1. The predicted molar refractivity (Wildman–Crippen MR) is 87.1 cm³/mol. The van der Waals surface area contributed by atoms with Crippen molar-refractivity contribution >= 4 is 23.1 Å². The van der Waals surface area contributed by atoms with Crippen LogP contribution >= 0.6 is 0 Å². The third-order valence-corrected chi connectivity index (χ3v) is 4.56. The number of nitrogens with zero attached hydrogens (tertiary/aromatic N) is 4. The quantitative estimate of drug-likeness (QED) is 0.263. The van der Waals surface area contributed by atoms with Crippen LogP contribution in [0.2, 0.25) is 0 Å². The summed E-state index contributed by atoms with van der Waals surface area (Å²) >= 11 is 0. The Labute approximate surface area is 142 Å². The summed E-state index contributed by atoms with van der Waals surface area (Å²) in [5, 5.41) is 33.2. The molecule has 0 radical (unpaired) electrons. The number of fused-ring (bicyclic) bond motifs is 1. The van der Waals surface area contributed by atoms with E-state index in [-0.39, 0.29) is 12.4 Å². The van der Waals surface area contributed by atoms with Crippen molar-refractivity contribution in [1.29, 1.82) is 0 Å². The molecule has 3 unspecified atom stereocenters. The van der Waals surface area contributed by atoms with Gasteiger partial charge >= 0.3 is 0 Å². The van der Waals surface area contributed by atoms with Crippen LogP contribution in [-0.4, -0.2) is 67.7 Å². The molecule has 0 bridgehead atoms. The summed E-state index contributed by atoms with van der Waals surface area (Å²) in [6, 6.07) is 0. The van der Waals surface area contributed by atoms with Gasteiger partial charge in [-0.15, -0.1) is 0 Å². The molecule has 3 rings (SSSR count). The topological polar surface area (TPSA) is 160 Å². The van der Waals surface area contributed by atoms with E-state index in [9.17, 15) is 15.4 Å². The molecule has 136 valence electrons. The van der Waals surface area contributed by atoms with Gasteiger partial charge in [0.2, 0.25) is 0 Å². The minimum atomic E-state index is -1.14. The third kappa shape index (κ3) is 2.53. The van der Waals surface area contributed by atoms with Gasteiger partial charge in [-0.3, -0.25) is 10.7 Å². The molecule has 0 saturated carbocycles. The molecule has 6 N–H and O–H groups in total. The summed E-state index contributed by atoms with van der Waals surface area (Å²) in [6.07, 6.45) is 1.60. The Morgan fingerprint density at radius 2 is 2.32 bits per heavy atom. The highest BCUT2D eigenvalue weighted by atomic mass is 16.6. The molecule has 0 aromatic carbocycles. The largest absolute Gasteiger partial charge is 0.394 e. The molecule has 1 aliphatic rings. The number of anilines is 1. The standard InChI is InChI=1S/C14H20N6O5/c1-14(24-2)10(22)8(5-21)25-13(14)20-4-7(3-18-15)9-11(19-23)16-6-17-12(9)20/h3-4,6,8,10,13,21-23H,5,15H2,1-2H3,(H,16,17,19)/b18-3+/t8?,10?,13-,14?/m1/s1. The molecule has 3 heterocycles. The highest BCUT2D eigenvalue weighted by Gasteiger charge is 2.54. The number of aliphatic hydroxyl groups is 2. The minimum absolute atomic E-state index is 0.162. The zero-order valence-electron chi connectivity index (χ0n) is 13.7. The van der Waals surface area contributed by atoms with Gasteiger partial charge in [-0.25, -0.2) is 9.97 Å². The minimum Gasteiger partial charge on any atom is -0.394 e. The molecule has 4 atom stereocenters. The fraction of sp³-hybridized carbons (Fsp3) is 0.500. The van der Waals surface area contributed by atoms with E-state index in [0.717, 1.165) is 0 Å². The summed E-state index contributed by atoms with van der Waals surface area (Å²) in [6.45, 7) is 1.30. The summed E-state index contributed by atoms with van der Waals surface area (Å²) in [5.74, 6) is 5.42. The van der Waals surface area contributed by atoms with Gasteiger partial charge in [-0.2, -0.15) is 5.10 Å². The highest BCUT2D eigenvalue weighted by molar-refractivity contribution is 6.03. The van der Waals surface area contributed by atoms with E-state index in [1.54, 1.807) is 17.7 Å². The van der Waals surface area contributed by atoms with Crippen LogP contribution in [-0.2, 0) is 9.47 Å². The summed E-state index contributed by atoms with van der Waals surface area (Å²) in [4.78, 5) is 8.19. The van der Waals surface area contributed by atoms with Gasteiger partial charge in [0.1, 0.15) is 29.8 Å². The van der Waals surface area contributed by atoms with Gasteiger partial charge in [0.15, 0.2) is 12.0 Å². The Morgan fingerprint density at radius 3 is 2.92 bits per heavy atom. The molecule has 0 aliphatic carbocycles. The van der Waals surface area contributed by atoms with Crippen molar-refractivity contribution < 1.29 is 24.9 Å². The van der Waals surface area contributed by atoms with Crippen LogP contribution in [0.25, 0.3) is 11.0 Å². The Kier molecular flexibility index (Phi) is 4.58. The molecule has 1 fully saturated rings. The second kappa shape index (κ2) is 6.54. The van der Waals surface area contributed by atoms with Crippen molar-refractivity contribution in [2.24, 2.45) is 10.9 Å². The molecule has 0 amide bonds. The normalized spacial score (nSPS) is 29.7. The van der Waals surface area contributed by atoms with Crippen LogP contribution in [0.15, 0.2) is 17.6 Å². The van der Waals surface area contributed by atoms with E-state index in [2.05, 4.69) is 15.1 Å². The van der Waals surface area contributed by atoms with Crippen LogP contribution < -0.4 is 11.3 Å². The third-order valence-electron chi connectivity index (χ3n) is 4.56. The second-order valence-corrected chi connectivity index (χ2v) is 5.84. The van der Waals surface area contributed by atoms with Gasteiger partial charge in [0.25, 0.3) is 0 Å². The van der Waals surface area contributed by atoms with Crippen LogP contribution in [0.1, 0.15) is 18.7 Å². The maximum Gasteiger partial charge on any atom is 0.167 e. The fourth-order valence-corrected chi connectivity index (χ4v) is 3.15. The lowest BCUT2D eigenvalue weighted by molar-refractivity contribution is -0.118. The van der Waals surface area contributed by atoms with E-state index >= 15 is 0 Å². The number of ether oxygens (including phenoxy) is 2. The van der Waals surface area contributed by atoms with Gasteiger partial charge in [0.05, 0.1) is 18.2 Å². The number of hydrogen-bond acceptors (Lipinski definition) is 10. The second-order valence-electron chi connectivity index (χ2n) is 5.84. The SMILES string of the molecule is COC1(C)C(O)C(CO)O[C@H]1n1cc(/C=N/N)c2c(NO)ncnc21. The first-order valence-corrected chi connectivity index (χ1v) is 7.50. The Hall–Kier alpha value is -2.31. The lowest BCUT2D eigenvalue weighted by Gasteiger charge is -2.31. The number of nitrogens with two attached hydrogens (primary N) is 1. The Bertz CT molecular complexity index is 795. The molecule has 0 spiro atoms. The maximum atomic E-state index is 10.5. The van der Waals surface area contributed by atoms with Gasteiger partial charge in [0, 0.05) is 18.9 Å². The number of hydrogen-bond donors (Lipinski definition) is 5. The number of aliphatic hydroxyl groups excluding tert-OH is 2. The van der Waals surface area contributed by atoms with Crippen molar-refractivity contribution in [3.8, 4) is 0 Å². The van der Waals surface area contributed by atoms with Crippen LogP contribution in [0.3, 0.4) is 0 Å². The van der Waals surface area contributed by atoms with Crippen LogP contribution in [0, 0.1) is 0 Å². The maximum absolute atomic E-state index is 10.5. The first kappa shape index (κ1) is 17.5. The van der Waals surface area contributed by atoms with Crippen molar-refractivity contribution in [2.45, 2.75) is 31.0 Å². The average molecular weight is 352 g/mol. The number of aromatic nitrogens is 3. The summed E-state index contributed by atoms with van der Waals surface area (Å²) in [5.41, 5.74) is 1.79. The summed E-state index contributed by atoms with van der Waals surface area (Å²) < 4.78 is 12.9. The van der Waals surface area contributed by atoms with E-state index < -0.39 is 24.0 Å². The fourth-order valence-electron chi connectivity index (χ4n) is 3.15. The zero-order chi connectivity index (χ0) is 18.2. The van der Waals surface area contributed by atoms with E-state index in [1.807, 2.05) is 5.48 Å². The first-order chi connectivity index (χ1) is 12.0. The monoisotopic (exact) mass is 352 g/mol.